The number of rotatable bonds is 4. The number of ether oxygens (including phenoxy) is 1. The zero-order valence-electron chi connectivity index (χ0n) is 9.58. The summed E-state index contributed by atoms with van der Waals surface area (Å²) in [4.78, 5) is 11.2. The normalized spacial score (nSPS) is 31.3. The van der Waals surface area contributed by atoms with Crippen LogP contribution in [0.4, 0.5) is 0 Å². The van der Waals surface area contributed by atoms with Crippen LogP contribution in [0.2, 0.25) is 0 Å². The maximum atomic E-state index is 11.2. The molecule has 1 amide bonds. The van der Waals surface area contributed by atoms with Gasteiger partial charge in [-0.2, -0.15) is 0 Å². The molecule has 1 saturated carbocycles. The molecule has 2 N–H and O–H groups in total. The number of carbonyl (C=O) groups excluding carboxylic acids is 1. The van der Waals surface area contributed by atoms with E-state index in [0.29, 0.717) is 12.5 Å². The van der Waals surface area contributed by atoms with Crippen LogP contribution in [-0.2, 0) is 9.53 Å². The first-order chi connectivity index (χ1) is 7.06. The standard InChI is InChI=1S/C11H21NO3/c1-9-4-3-5-11(14,6-9)8-12-10(13)7-15-2/h9,14H,3-8H2,1-2H3,(H,12,13). The van der Waals surface area contributed by atoms with Gasteiger partial charge in [0.1, 0.15) is 6.61 Å². The first-order valence-corrected chi connectivity index (χ1v) is 5.54. The van der Waals surface area contributed by atoms with E-state index in [1.807, 2.05) is 0 Å². The summed E-state index contributed by atoms with van der Waals surface area (Å²) in [5, 5.41) is 12.9. The van der Waals surface area contributed by atoms with E-state index in [1.165, 1.54) is 13.5 Å². The number of aliphatic hydroxyl groups is 1. The molecule has 15 heavy (non-hydrogen) atoms. The van der Waals surface area contributed by atoms with Gasteiger partial charge in [0.25, 0.3) is 0 Å². The molecule has 0 radical (unpaired) electrons. The van der Waals surface area contributed by atoms with Crippen molar-refractivity contribution < 1.29 is 14.6 Å². The van der Waals surface area contributed by atoms with Crippen molar-refractivity contribution in [3.63, 3.8) is 0 Å². The Labute approximate surface area is 91.0 Å². The van der Waals surface area contributed by atoms with Gasteiger partial charge in [0.05, 0.1) is 5.60 Å². The van der Waals surface area contributed by atoms with Gasteiger partial charge in [0.2, 0.25) is 5.91 Å². The number of hydrogen-bond acceptors (Lipinski definition) is 3. The number of amides is 1. The summed E-state index contributed by atoms with van der Waals surface area (Å²) < 4.78 is 4.70. The molecule has 0 aromatic heterocycles. The van der Waals surface area contributed by atoms with Gasteiger partial charge in [-0.05, 0) is 18.8 Å². The maximum Gasteiger partial charge on any atom is 0.246 e. The molecule has 0 aromatic rings. The van der Waals surface area contributed by atoms with Gasteiger partial charge < -0.3 is 15.2 Å². The second-order valence-electron chi connectivity index (χ2n) is 4.64. The second-order valence-corrected chi connectivity index (χ2v) is 4.64. The van der Waals surface area contributed by atoms with Crippen molar-refractivity contribution in [1.82, 2.24) is 5.32 Å². The Hall–Kier alpha value is -0.610. The van der Waals surface area contributed by atoms with E-state index in [0.717, 1.165) is 19.3 Å². The molecule has 1 fully saturated rings. The average Bonchev–Trinajstić information content (AvgIpc) is 2.15. The van der Waals surface area contributed by atoms with Crippen molar-refractivity contribution in [3.05, 3.63) is 0 Å². The highest BCUT2D eigenvalue weighted by Gasteiger charge is 2.32. The predicted molar refractivity (Wildman–Crippen MR) is 57.5 cm³/mol. The minimum absolute atomic E-state index is 0.0611. The molecule has 2 atom stereocenters. The minimum atomic E-state index is -0.707. The van der Waals surface area contributed by atoms with E-state index >= 15 is 0 Å². The summed E-state index contributed by atoms with van der Waals surface area (Å²) in [6.07, 6.45) is 3.77. The summed E-state index contributed by atoms with van der Waals surface area (Å²) in [6.45, 7) is 2.55. The van der Waals surface area contributed by atoms with Gasteiger partial charge in [0, 0.05) is 13.7 Å². The van der Waals surface area contributed by atoms with Gasteiger partial charge in [-0.25, -0.2) is 0 Å². The lowest BCUT2D eigenvalue weighted by atomic mass is 9.79. The van der Waals surface area contributed by atoms with Crippen molar-refractivity contribution in [3.8, 4) is 0 Å². The van der Waals surface area contributed by atoms with E-state index in [4.69, 9.17) is 4.74 Å². The Morgan fingerprint density at radius 3 is 3.00 bits per heavy atom. The highest BCUT2D eigenvalue weighted by atomic mass is 16.5. The lowest BCUT2D eigenvalue weighted by molar-refractivity contribution is -0.126. The van der Waals surface area contributed by atoms with Crippen LogP contribution in [0.25, 0.3) is 0 Å². The molecular formula is C11H21NO3. The maximum absolute atomic E-state index is 11.2. The van der Waals surface area contributed by atoms with Gasteiger partial charge >= 0.3 is 0 Å². The molecule has 1 rings (SSSR count). The predicted octanol–water partition coefficient (Wildman–Crippen LogP) is 0.690. The molecule has 88 valence electrons. The topological polar surface area (TPSA) is 58.6 Å². The zero-order valence-corrected chi connectivity index (χ0v) is 9.58. The molecule has 0 aromatic carbocycles. The van der Waals surface area contributed by atoms with Gasteiger partial charge in [-0.15, -0.1) is 0 Å². The van der Waals surface area contributed by atoms with Crippen LogP contribution in [0.1, 0.15) is 32.6 Å². The highest BCUT2D eigenvalue weighted by Crippen LogP contribution is 2.31. The number of hydrogen-bond donors (Lipinski definition) is 2. The Morgan fingerprint density at radius 2 is 2.40 bits per heavy atom. The molecule has 4 nitrogen and oxygen atoms in total. The number of methoxy groups -OCH3 is 1. The fourth-order valence-electron chi connectivity index (χ4n) is 2.24. The first-order valence-electron chi connectivity index (χ1n) is 5.54. The van der Waals surface area contributed by atoms with Crippen molar-refractivity contribution in [1.29, 1.82) is 0 Å². The third-order valence-corrected chi connectivity index (χ3v) is 2.96. The largest absolute Gasteiger partial charge is 0.388 e. The van der Waals surface area contributed by atoms with E-state index < -0.39 is 5.60 Å². The number of carbonyl (C=O) groups is 1. The van der Waals surface area contributed by atoms with Crippen molar-refractivity contribution >= 4 is 5.91 Å². The monoisotopic (exact) mass is 215 g/mol. The quantitative estimate of drug-likeness (QED) is 0.725. The van der Waals surface area contributed by atoms with Gasteiger partial charge in [-0.3, -0.25) is 4.79 Å². The Bertz CT molecular complexity index is 220. The van der Waals surface area contributed by atoms with E-state index in [1.54, 1.807) is 0 Å². The van der Waals surface area contributed by atoms with E-state index in [2.05, 4.69) is 12.2 Å². The molecule has 1 aliphatic rings. The molecule has 0 bridgehead atoms. The molecule has 0 aliphatic heterocycles. The second kappa shape index (κ2) is 5.47. The van der Waals surface area contributed by atoms with Crippen LogP contribution < -0.4 is 5.32 Å². The summed E-state index contributed by atoms with van der Waals surface area (Å²) in [6, 6.07) is 0. The Kier molecular flexibility index (Phi) is 4.54. The Morgan fingerprint density at radius 1 is 1.67 bits per heavy atom. The van der Waals surface area contributed by atoms with E-state index in [9.17, 15) is 9.90 Å². The van der Waals surface area contributed by atoms with Crippen LogP contribution in [0.3, 0.4) is 0 Å². The van der Waals surface area contributed by atoms with Crippen LogP contribution in [0.15, 0.2) is 0 Å². The average molecular weight is 215 g/mol. The van der Waals surface area contributed by atoms with Gasteiger partial charge in [0.15, 0.2) is 0 Å². The summed E-state index contributed by atoms with van der Waals surface area (Å²) >= 11 is 0. The lowest BCUT2D eigenvalue weighted by Gasteiger charge is -2.35. The molecule has 0 heterocycles. The van der Waals surface area contributed by atoms with Crippen LogP contribution in [0, 0.1) is 5.92 Å². The molecule has 1 aliphatic carbocycles. The smallest absolute Gasteiger partial charge is 0.246 e. The summed E-state index contributed by atoms with van der Waals surface area (Å²) in [5.41, 5.74) is -0.707. The third kappa shape index (κ3) is 4.18. The minimum Gasteiger partial charge on any atom is -0.388 e. The van der Waals surface area contributed by atoms with Crippen molar-refractivity contribution in [2.75, 3.05) is 20.3 Å². The van der Waals surface area contributed by atoms with E-state index in [-0.39, 0.29) is 12.5 Å². The van der Waals surface area contributed by atoms with Crippen molar-refractivity contribution in [2.45, 2.75) is 38.2 Å². The molecule has 4 heteroatoms. The zero-order chi connectivity index (χ0) is 11.3. The van der Waals surface area contributed by atoms with Gasteiger partial charge in [-0.1, -0.05) is 19.8 Å². The number of nitrogens with one attached hydrogen (secondary N) is 1. The first kappa shape index (κ1) is 12.5. The third-order valence-electron chi connectivity index (χ3n) is 2.96. The van der Waals surface area contributed by atoms with Crippen LogP contribution in [-0.4, -0.2) is 36.9 Å². The lowest BCUT2D eigenvalue weighted by Crippen LogP contribution is -2.46. The Balaban J connectivity index is 2.32. The fraction of sp³-hybridized carbons (Fsp3) is 0.909. The fourth-order valence-corrected chi connectivity index (χ4v) is 2.24. The summed E-state index contributed by atoms with van der Waals surface area (Å²) in [5.74, 6) is 0.382. The molecule has 0 spiro atoms. The highest BCUT2D eigenvalue weighted by molar-refractivity contribution is 5.77. The van der Waals surface area contributed by atoms with Crippen LogP contribution >= 0.6 is 0 Å². The molecule has 0 saturated heterocycles. The SMILES string of the molecule is COCC(=O)NCC1(O)CCCC(C)C1. The molecular weight excluding hydrogens is 194 g/mol. The molecule has 2 unspecified atom stereocenters. The van der Waals surface area contributed by atoms with Crippen LogP contribution in [0.5, 0.6) is 0 Å². The van der Waals surface area contributed by atoms with Crippen molar-refractivity contribution in [2.24, 2.45) is 5.92 Å². The summed E-state index contributed by atoms with van der Waals surface area (Å²) in [7, 11) is 1.48.